The standard InChI is InChI=1S/C8H14N2O3/c1-5(2)7(11)9-10-8(12)6-3-13-4-6/h5-6H,3-4H2,1-2H3,(H,9,11)(H,10,12). The van der Waals surface area contributed by atoms with Crippen molar-refractivity contribution in [1.82, 2.24) is 10.9 Å². The van der Waals surface area contributed by atoms with Crippen molar-refractivity contribution in [2.24, 2.45) is 11.8 Å². The molecule has 1 fully saturated rings. The molecule has 1 rings (SSSR count). The lowest BCUT2D eigenvalue weighted by atomic mass is 10.1. The minimum absolute atomic E-state index is 0.104. The first-order valence-electron chi connectivity index (χ1n) is 4.28. The summed E-state index contributed by atoms with van der Waals surface area (Å²) in [6.07, 6.45) is 0. The molecule has 0 aliphatic carbocycles. The normalized spacial score (nSPS) is 16.5. The van der Waals surface area contributed by atoms with Gasteiger partial charge < -0.3 is 4.74 Å². The Balaban J connectivity index is 2.17. The number of ether oxygens (including phenoxy) is 1. The molecule has 74 valence electrons. The molecular weight excluding hydrogens is 172 g/mol. The Morgan fingerprint density at radius 2 is 1.92 bits per heavy atom. The van der Waals surface area contributed by atoms with Gasteiger partial charge >= 0.3 is 0 Å². The molecule has 1 saturated heterocycles. The van der Waals surface area contributed by atoms with Crippen LogP contribution in [0.15, 0.2) is 0 Å². The van der Waals surface area contributed by atoms with Gasteiger partial charge in [-0.1, -0.05) is 13.8 Å². The number of carbonyl (C=O) groups excluding carboxylic acids is 2. The number of hydrogen-bond acceptors (Lipinski definition) is 3. The number of hydrazine groups is 1. The van der Waals surface area contributed by atoms with Crippen LogP contribution in [0.4, 0.5) is 0 Å². The van der Waals surface area contributed by atoms with Crippen LogP contribution in [-0.4, -0.2) is 25.0 Å². The van der Waals surface area contributed by atoms with Gasteiger partial charge in [0.2, 0.25) is 11.8 Å². The number of amides is 2. The molecule has 1 aliphatic heterocycles. The molecule has 0 bridgehead atoms. The topological polar surface area (TPSA) is 67.4 Å². The van der Waals surface area contributed by atoms with E-state index in [0.717, 1.165) is 0 Å². The van der Waals surface area contributed by atoms with Crippen molar-refractivity contribution in [3.05, 3.63) is 0 Å². The van der Waals surface area contributed by atoms with Crippen molar-refractivity contribution in [2.45, 2.75) is 13.8 Å². The summed E-state index contributed by atoms with van der Waals surface area (Å²) in [7, 11) is 0. The van der Waals surface area contributed by atoms with Crippen molar-refractivity contribution in [2.75, 3.05) is 13.2 Å². The zero-order chi connectivity index (χ0) is 9.84. The van der Waals surface area contributed by atoms with Crippen molar-refractivity contribution in [3.63, 3.8) is 0 Å². The lowest BCUT2D eigenvalue weighted by Crippen LogP contribution is -2.50. The van der Waals surface area contributed by atoms with E-state index in [1.54, 1.807) is 13.8 Å². The second-order valence-electron chi connectivity index (χ2n) is 3.37. The summed E-state index contributed by atoms with van der Waals surface area (Å²) in [5, 5.41) is 0. The molecule has 0 unspecified atom stereocenters. The van der Waals surface area contributed by atoms with Gasteiger partial charge in [0.25, 0.3) is 0 Å². The van der Waals surface area contributed by atoms with Crippen LogP contribution in [0.3, 0.4) is 0 Å². The summed E-state index contributed by atoms with van der Waals surface area (Å²) >= 11 is 0. The van der Waals surface area contributed by atoms with Crippen LogP contribution >= 0.6 is 0 Å². The van der Waals surface area contributed by atoms with E-state index < -0.39 is 0 Å². The van der Waals surface area contributed by atoms with Gasteiger partial charge in [-0.15, -0.1) is 0 Å². The van der Waals surface area contributed by atoms with E-state index in [1.165, 1.54) is 0 Å². The van der Waals surface area contributed by atoms with Gasteiger partial charge in [-0.25, -0.2) is 0 Å². The zero-order valence-electron chi connectivity index (χ0n) is 7.79. The summed E-state index contributed by atoms with van der Waals surface area (Å²) in [6.45, 7) is 4.41. The molecule has 5 nitrogen and oxygen atoms in total. The Hall–Kier alpha value is -1.10. The summed E-state index contributed by atoms with van der Waals surface area (Å²) in [6, 6.07) is 0. The number of rotatable bonds is 2. The summed E-state index contributed by atoms with van der Waals surface area (Å²) in [5.41, 5.74) is 4.68. The molecule has 1 aliphatic rings. The summed E-state index contributed by atoms with van der Waals surface area (Å²) in [5.74, 6) is -0.598. The molecule has 0 aromatic carbocycles. The van der Waals surface area contributed by atoms with Crippen molar-refractivity contribution >= 4 is 11.8 Å². The predicted molar refractivity (Wildman–Crippen MR) is 45.4 cm³/mol. The molecule has 0 saturated carbocycles. The molecule has 0 atom stereocenters. The van der Waals surface area contributed by atoms with Crippen LogP contribution < -0.4 is 10.9 Å². The molecule has 5 heteroatoms. The van der Waals surface area contributed by atoms with Gasteiger partial charge in [-0.05, 0) is 0 Å². The van der Waals surface area contributed by atoms with E-state index in [1.807, 2.05) is 0 Å². The maximum absolute atomic E-state index is 11.1. The zero-order valence-corrected chi connectivity index (χ0v) is 7.79. The van der Waals surface area contributed by atoms with Crippen LogP contribution in [0.2, 0.25) is 0 Å². The third kappa shape index (κ3) is 2.69. The summed E-state index contributed by atoms with van der Waals surface area (Å²) < 4.78 is 4.84. The molecule has 13 heavy (non-hydrogen) atoms. The molecule has 2 amide bonds. The van der Waals surface area contributed by atoms with Gasteiger partial charge in [0.1, 0.15) is 0 Å². The van der Waals surface area contributed by atoms with Gasteiger partial charge in [-0.3, -0.25) is 20.4 Å². The molecule has 0 spiro atoms. The second kappa shape index (κ2) is 4.23. The SMILES string of the molecule is CC(C)C(=O)NNC(=O)C1COC1. The highest BCUT2D eigenvalue weighted by Gasteiger charge is 2.26. The van der Waals surface area contributed by atoms with Gasteiger partial charge in [0.05, 0.1) is 19.1 Å². The highest BCUT2D eigenvalue weighted by molar-refractivity contribution is 5.84. The number of carbonyl (C=O) groups is 2. The Kier molecular flexibility index (Phi) is 3.25. The third-order valence-corrected chi connectivity index (χ3v) is 1.84. The van der Waals surface area contributed by atoms with E-state index >= 15 is 0 Å². The second-order valence-corrected chi connectivity index (χ2v) is 3.37. The molecule has 0 aromatic heterocycles. The quantitative estimate of drug-likeness (QED) is 0.568. The van der Waals surface area contributed by atoms with Crippen LogP contribution in [0.25, 0.3) is 0 Å². The van der Waals surface area contributed by atoms with E-state index in [2.05, 4.69) is 10.9 Å². The fourth-order valence-corrected chi connectivity index (χ4v) is 0.757. The number of nitrogens with one attached hydrogen (secondary N) is 2. The maximum atomic E-state index is 11.1. The van der Waals surface area contributed by atoms with Crippen LogP contribution in [0.5, 0.6) is 0 Å². The van der Waals surface area contributed by atoms with Gasteiger partial charge in [-0.2, -0.15) is 0 Å². The lowest BCUT2D eigenvalue weighted by molar-refractivity contribution is -0.142. The van der Waals surface area contributed by atoms with E-state index in [9.17, 15) is 9.59 Å². The monoisotopic (exact) mass is 186 g/mol. The molecule has 2 N–H and O–H groups in total. The first kappa shape index (κ1) is 9.98. The fraction of sp³-hybridized carbons (Fsp3) is 0.750. The molecular formula is C8H14N2O3. The van der Waals surface area contributed by atoms with Gasteiger partial charge in [0.15, 0.2) is 0 Å². The molecule has 1 heterocycles. The van der Waals surface area contributed by atoms with E-state index in [0.29, 0.717) is 13.2 Å². The van der Waals surface area contributed by atoms with Crippen molar-refractivity contribution < 1.29 is 14.3 Å². The highest BCUT2D eigenvalue weighted by atomic mass is 16.5. The maximum Gasteiger partial charge on any atom is 0.246 e. The van der Waals surface area contributed by atoms with Gasteiger partial charge in [0, 0.05) is 5.92 Å². The molecule has 0 radical (unpaired) electrons. The Morgan fingerprint density at radius 1 is 1.31 bits per heavy atom. The van der Waals surface area contributed by atoms with Crippen LogP contribution in [0.1, 0.15) is 13.8 Å². The lowest BCUT2D eigenvalue weighted by Gasteiger charge is -2.24. The molecule has 0 aromatic rings. The van der Waals surface area contributed by atoms with Crippen LogP contribution in [-0.2, 0) is 14.3 Å². The van der Waals surface area contributed by atoms with Crippen LogP contribution in [0, 0.1) is 11.8 Å². The first-order valence-corrected chi connectivity index (χ1v) is 4.28. The van der Waals surface area contributed by atoms with Crippen molar-refractivity contribution in [3.8, 4) is 0 Å². The third-order valence-electron chi connectivity index (χ3n) is 1.84. The Morgan fingerprint density at radius 3 is 2.31 bits per heavy atom. The van der Waals surface area contributed by atoms with E-state index in [-0.39, 0.29) is 23.7 Å². The predicted octanol–water partition coefficient (Wildman–Crippen LogP) is -0.564. The Labute approximate surface area is 76.8 Å². The largest absolute Gasteiger partial charge is 0.380 e. The van der Waals surface area contributed by atoms with E-state index in [4.69, 9.17) is 4.74 Å². The smallest absolute Gasteiger partial charge is 0.246 e. The average Bonchev–Trinajstić information content (AvgIpc) is 1.96. The van der Waals surface area contributed by atoms with Crippen molar-refractivity contribution in [1.29, 1.82) is 0 Å². The number of hydrogen-bond donors (Lipinski definition) is 2. The average molecular weight is 186 g/mol. The summed E-state index contributed by atoms with van der Waals surface area (Å²) in [4.78, 5) is 22.2. The highest BCUT2D eigenvalue weighted by Crippen LogP contribution is 2.08. The minimum atomic E-state index is -0.186. The Bertz CT molecular complexity index is 211. The minimum Gasteiger partial charge on any atom is -0.380 e. The first-order chi connectivity index (χ1) is 6.11. The fourth-order valence-electron chi connectivity index (χ4n) is 0.757.